The highest BCUT2D eigenvalue weighted by Crippen LogP contribution is 2.06. The Labute approximate surface area is 95.9 Å². The summed E-state index contributed by atoms with van der Waals surface area (Å²) in [5.41, 5.74) is 1.10. The molecular weight excluding hydrogens is 200 g/mol. The highest BCUT2D eigenvalue weighted by molar-refractivity contribution is 5.03. The van der Waals surface area contributed by atoms with Gasteiger partial charge in [-0.2, -0.15) is 5.26 Å². The van der Waals surface area contributed by atoms with Crippen molar-refractivity contribution in [3.8, 4) is 6.07 Å². The van der Waals surface area contributed by atoms with Gasteiger partial charge in [-0.15, -0.1) is 0 Å². The van der Waals surface area contributed by atoms with Crippen LogP contribution in [-0.2, 0) is 6.54 Å². The average Bonchev–Trinajstić information content (AvgIpc) is 2.31. The second-order valence-corrected chi connectivity index (χ2v) is 4.07. The minimum atomic E-state index is 0.308. The minimum absolute atomic E-state index is 0.308. The number of nitriles is 1. The van der Waals surface area contributed by atoms with Crippen LogP contribution >= 0.6 is 0 Å². The first-order valence-electron chi connectivity index (χ1n) is 5.61. The SMILES string of the molecule is N#CCC1CN(Cc2ccccn2)CCN1. The third kappa shape index (κ3) is 3.02. The highest BCUT2D eigenvalue weighted by Gasteiger charge is 2.18. The fraction of sp³-hybridized carbons (Fsp3) is 0.500. The Hall–Kier alpha value is -1.44. The van der Waals surface area contributed by atoms with Crippen LogP contribution in [0.4, 0.5) is 0 Å². The maximum absolute atomic E-state index is 8.67. The predicted molar refractivity (Wildman–Crippen MR) is 61.5 cm³/mol. The normalized spacial score (nSPS) is 21.6. The summed E-state index contributed by atoms with van der Waals surface area (Å²) >= 11 is 0. The Bertz CT molecular complexity index is 357. The van der Waals surface area contributed by atoms with Gasteiger partial charge in [-0.1, -0.05) is 6.07 Å². The lowest BCUT2D eigenvalue weighted by atomic mass is 10.1. The summed E-state index contributed by atoms with van der Waals surface area (Å²) < 4.78 is 0. The first-order valence-corrected chi connectivity index (χ1v) is 5.61. The Kier molecular flexibility index (Phi) is 3.86. The van der Waals surface area contributed by atoms with Gasteiger partial charge in [-0.3, -0.25) is 9.88 Å². The number of aromatic nitrogens is 1. The monoisotopic (exact) mass is 216 g/mol. The molecule has 0 spiro atoms. The molecule has 0 radical (unpaired) electrons. The molecule has 4 heteroatoms. The lowest BCUT2D eigenvalue weighted by Crippen LogP contribution is -2.50. The Balaban J connectivity index is 1.88. The van der Waals surface area contributed by atoms with E-state index in [1.807, 2.05) is 24.4 Å². The van der Waals surface area contributed by atoms with Gasteiger partial charge in [0.25, 0.3) is 0 Å². The van der Waals surface area contributed by atoms with Crippen LogP contribution in [0, 0.1) is 11.3 Å². The van der Waals surface area contributed by atoms with Crippen molar-refractivity contribution in [3.63, 3.8) is 0 Å². The van der Waals surface area contributed by atoms with E-state index in [4.69, 9.17) is 5.26 Å². The largest absolute Gasteiger partial charge is 0.310 e. The van der Waals surface area contributed by atoms with Crippen molar-refractivity contribution >= 4 is 0 Å². The number of nitrogens with zero attached hydrogens (tertiary/aromatic N) is 3. The second-order valence-electron chi connectivity index (χ2n) is 4.07. The summed E-state index contributed by atoms with van der Waals surface area (Å²) in [4.78, 5) is 6.66. The molecule has 1 aromatic rings. The van der Waals surface area contributed by atoms with Gasteiger partial charge < -0.3 is 5.32 Å². The molecule has 1 aromatic heterocycles. The molecule has 0 bridgehead atoms. The molecule has 1 unspecified atom stereocenters. The van der Waals surface area contributed by atoms with E-state index in [2.05, 4.69) is 21.3 Å². The van der Waals surface area contributed by atoms with Gasteiger partial charge in [0.15, 0.2) is 0 Å². The molecule has 0 aliphatic carbocycles. The van der Waals surface area contributed by atoms with Crippen LogP contribution in [0.25, 0.3) is 0 Å². The number of rotatable bonds is 3. The quantitative estimate of drug-likeness (QED) is 0.811. The molecule has 16 heavy (non-hydrogen) atoms. The Morgan fingerprint density at radius 1 is 1.56 bits per heavy atom. The maximum Gasteiger partial charge on any atom is 0.0638 e. The van der Waals surface area contributed by atoms with Crippen LogP contribution < -0.4 is 5.32 Å². The van der Waals surface area contributed by atoms with Crippen LogP contribution in [0.2, 0.25) is 0 Å². The van der Waals surface area contributed by atoms with Crippen molar-refractivity contribution in [1.82, 2.24) is 15.2 Å². The van der Waals surface area contributed by atoms with Crippen LogP contribution in [0.5, 0.6) is 0 Å². The number of hydrogen-bond donors (Lipinski definition) is 1. The molecule has 1 fully saturated rings. The van der Waals surface area contributed by atoms with Crippen molar-refractivity contribution in [3.05, 3.63) is 30.1 Å². The molecule has 0 amide bonds. The van der Waals surface area contributed by atoms with E-state index in [0.717, 1.165) is 31.9 Å². The fourth-order valence-electron chi connectivity index (χ4n) is 2.01. The van der Waals surface area contributed by atoms with E-state index >= 15 is 0 Å². The standard InChI is InChI=1S/C12H16N4/c13-5-4-12-10-16(8-7-15-12)9-11-3-1-2-6-14-11/h1-3,6,12,15H,4,7-10H2. The van der Waals surface area contributed by atoms with Gasteiger partial charge in [-0.05, 0) is 12.1 Å². The van der Waals surface area contributed by atoms with Crippen LogP contribution in [0.1, 0.15) is 12.1 Å². The zero-order valence-corrected chi connectivity index (χ0v) is 9.26. The van der Waals surface area contributed by atoms with Crippen molar-refractivity contribution in [2.75, 3.05) is 19.6 Å². The van der Waals surface area contributed by atoms with E-state index in [1.165, 1.54) is 0 Å². The third-order valence-electron chi connectivity index (χ3n) is 2.79. The molecule has 1 saturated heterocycles. The van der Waals surface area contributed by atoms with E-state index in [0.29, 0.717) is 12.5 Å². The Morgan fingerprint density at radius 2 is 2.50 bits per heavy atom. The molecular formula is C12H16N4. The molecule has 1 aliphatic heterocycles. The number of nitrogens with one attached hydrogen (secondary N) is 1. The summed E-state index contributed by atoms with van der Waals surface area (Å²) in [5, 5.41) is 12.0. The fourth-order valence-corrected chi connectivity index (χ4v) is 2.01. The molecule has 84 valence electrons. The van der Waals surface area contributed by atoms with E-state index in [-0.39, 0.29) is 0 Å². The molecule has 0 saturated carbocycles. The lowest BCUT2D eigenvalue weighted by molar-refractivity contribution is 0.192. The van der Waals surface area contributed by atoms with E-state index in [9.17, 15) is 0 Å². The summed E-state index contributed by atoms with van der Waals surface area (Å²) in [7, 11) is 0. The van der Waals surface area contributed by atoms with Crippen molar-refractivity contribution < 1.29 is 0 Å². The molecule has 1 atom stereocenters. The van der Waals surface area contributed by atoms with Gasteiger partial charge in [0, 0.05) is 38.4 Å². The van der Waals surface area contributed by atoms with E-state index < -0.39 is 0 Å². The second kappa shape index (κ2) is 5.59. The molecule has 1 N–H and O–H groups in total. The molecule has 2 heterocycles. The number of pyridine rings is 1. The van der Waals surface area contributed by atoms with Crippen molar-refractivity contribution in [2.24, 2.45) is 0 Å². The van der Waals surface area contributed by atoms with Gasteiger partial charge in [0.2, 0.25) is 0 Å². The predicted octanol–water partition coefficient (Wildman–Crippen LogP) is 0.769. The average molecular weight is 216 g/mol. The van der Waals surface area contributed by atoms with Crippen molar-refractivity contribution in [2.45, 2.75) is 19.0 Å². The van der Waals surface area contributed by atoms with E-state index in [1.54, 1.807) is 0 Å². The summed E-state index contributed by atoms with van der Waals surface area (Å²) in [6, 6.07) is 8.51. The van der Waals surface area contributed by atoms with Gasteiger partial charge in [-0.25, -0.2) is 0 Å². The maximum atomic E-state index is 8.67. The van der Waals surface area contributed by atoms with Crippen LogP contribution in [0.3, 0.4) is 0 Å². The smallest absolute Gasteiger partial charge is 0.0638 e. The Morgan fingerprint density at radius 3 is 3.25 bits per heavy atom. The lowest BCUT2D eigenvalue weighted by Gasteiger charge is -2.32. The molecule has 4 nitrogen and oxygen atoms in total. The van der Waals surface area contributed by atoms with Crippen LogP contribution in [0.15, 0.2) is 24.4 Å². The molecule has 0 aromatic carbocycles. The van der Waals surface area contributed by atoms with Crippen LogP contribution in [-0.4, -0.2) is 35.6 Å². The number of hydrogen-bond acceptors (Lipinski definition) is 4. The zero-order chi connectivity index (χ0) is 11.2. The molecule has 1 aliphatic rings. The first kappa shape index (κ1) is 11.1. The van der Waals surface area contributed by atoms with Gasteiger partial charge in [0.1, 0.15) is 0 Å². The number of piperazine rings is 1. The topological polar surface area (TPSA) is 52.0 Å². The highest BCUT2D eigenvalue weighted by atomic mass is 15.2. The zero-order valence-electron chi connectivity index (χ0n) is 9.26. The summed E-state index contributed by atoms with van der Waals surface area (Å²) in [6.45, 7) is 3.80. The third-order valence-corrected chi connectivity index (χ3v) is 2.79. The minimum Gasteiger partial charge on any atom is -0.310 e. The summed E-state index contributed by atoms with van der Waals surface area (Å²) in [5.74, 6) is 0. The van der Waals surface area contributed by atoms with Crippen molar-refractivity contribution in [1.29, 1.82) is 5.26 Å². The van der Waals surface area contributed by atoms with Gasteiger partial charge in [0.05, 0.1) is 18.2 Å². The molecule has 2 rings (SSSR count). The summed E-state index contributed by atoms with van der Waals surface area (Å²) in [6.07, 6.45) is 2.41. The van der Waals surface area contributed by atoms with Gasteiger partial charge >= 0.3 is 0 Å². The first-order chi connectivity index (χ1) is 7.88.